The van der Waals surface area contributed by atoms with Crippen LogP contribution in [0.4, 0.5) is 8.78 Å². The molecule has 2 aromatic carbocycles. The summed E-state index contributed by atoms with van der Waals surface area (Å²) in [4.78, 5) is 50.4. The third kappa shape index (κ3) is 4.08. The number of piperidine rings is 1. The Kier molecular flexibility index (Phi) is 4.48. The predicted octanol–water partition coefficient (Wildman–Crippen LogP) is 2.51. The molecule has 0 aliphatic carbocycles. The van der Waals surface area contributed by atoms with Gasteiger partial charge in [-0.1, -0.05) is 35.9 Å². The normalized spacial score (nSPS) is 21.0. The van der Waals surface area contributed by atoms with E-state index in [1.807, 2.05) is 0 Å². The van der Waals surface area contributed by atoms with Crippen molar-refractivity contribution >= 4 is 35.2 Å². The summed E-state index contributed by atoms with van der Waals surface area (Å²) < 4.78 is 61.4. The standard InChI is InChI=1S/C22H18ClF2N3O4/c23-15-4-2-14(3-5-15)22(24,25)21(32)26-10-12-1-6-16-13(9-12)11-28(20(16)31)17-7-8-18(29)27-19(17)30/h1-6,9,17H,7-8,10-11H2,(H,26,32)(H,27,29,30)/i10D2/hD2. The molecule has 2 N–H and O–H groups in total. The summed E-state index contributed by atoms with van der Waals surface area (Å²) in [6.07, 6.45) is -0.0825. The van der Waals surface area contributed by atoms with Crippen LogP contribution in [0.1, 0.15) is 42.6 Å². The Labute approximate surface area is 192 Å². The highest BCUT2D eigenvalue weighted by Gasteiger charge is 2.41. The predicted molar refractivity (Wildman–Crippen MR) is 110 cm³/mol. The largest absolute Gasteiger partial charge is 0.349 e. The van der Waals surface area contributed by atoms with Gasteiger partial charge in [0.2, 0.25) is 11.8 Å². The van der Waals surface area contributed by atoms with Gasteiger partial charge in [-0.25, -0.2) is 0 Å². The number of carbonyl (C=O) groups is 4. The molecule has 4 amide bonds. The van der Waals surface area contributed by atoms with Crippen molar-refractivity contribution in [1.82, 2.24) is 15.5 Å². The smallest absolute Gasteiger partial charge is 0.346 e. The first-order valence-corrected chi connectivity index (χ1v) is 9.92. The van der Waals surface area contributed by atoms with E-state index in [4.69, 9.17) is 17.2 Å². The first-order valence-electron chi connectivity index (χ1n) is 11.4. The molecular formula is C22H18ClF2N3O4. The lowest BCUT2D eigenvalue weighted by Crippen LogP contribution is -2.52. The van der Waals surface area contributed by atoms with Gasteiger partial charge in [0.1, 0.15) is 6.04 Å². The van der Waals surface area contributed by atoms with Crippen molar-refractivity contribution < 1.29 is 33.5 Å². The van der Waals surface area contributed by atoms with E-state index in [9.17, 15) is 28.0 Å². The fourth-order valence-corrected chi connectivity index (χ4v) is 3.68. The van der Waals surface area contributed by atoms with Gasteiger partial charge in [-0.3, -0.25) is 24.5 Å². The second kappa shape index (κ2) is 8.31. The van der Waals surface area contributed by atoms with E-state index >= 15 is 0 Å². The van der Waals surface area contributed by atoms with E-state index in [0.717, 1.165) is 35.2 Å². The molecule has 1 fully saturated rings. The molecule has 7 nitrogen and oxygen atoms in total. The molecule has 1 atom stereocenters. The molecule has 2 aromatic rings. The summed E-state index contributed by atoms with van der Waals surface area (Å²) >= 11 is 5.68. The second-order valence-corrected chi connectivity index (χ2v) is 7.75. The molecular weight excluding hydrogens is 444 g/mol. The summed E-state index contributed by atoms with van der Waals surface area (Å²) in [5, 5.41) is -0.0934. The number of hydrogen-bond acceptors (Lipinski definition) is 4. The number of alkyl halides is 2. The Bertz CT molecular complexity index is 1280. The molecule has 1 saturated heterocycles. The third-order valence-electron chi connectivity index (χ3n) is 5.23. The molecule has 0 aromatic heterocycles. The summed E-state index contributed by atoms with van der Waals surface area (Å²) in [7, 11) is 0. The van der Waals surface area contributed by atoms with Gasteiger partial charge < -0.3 is 10.2 Å². The highest BCUT2D eigenvalue weighted by atomic mass is 35.5. The molecule has 0 bridgehead atoms. The quantitative estimate of drug-likeness (QED) is 0.663. The minimum absolute atomic E-state index is 0.0231. The number of carbonyl (C=O) groups excluding carboxylic acids is 4. The maximum Gasteiger partial charge on any atom is 0.349 e. The number of nitrogens with zero attached hydrogens (tertiary/aromatic N) is 1. The first-order chi connectivity index (χ1) is 16.8. The zero-order valence-corrected chi connectivity index (χ0v) is 17.1. The van der Waals surface area contributed by atoms with Crippen LogP contribution in [0.5, 0.6) is 0 Å². The Hall–Kier alpha value is -3.33. The van der Waals surface area contributed by atoms with Crippen molar-refractivity contribution in [3.05, 3.63) is 69.7 Å². The van der Waals surface area contributed by atoms with Gasteiger partial charge in [-0.2, -0.15) is 8.78 Å². The van der Waals surface area contributed by atoms with Crippen LogP contribution < -0.4 is 10.6 Å². The molecule has 2 aliphatic rings. The summed E-state index contributed by atoms with van der Waals surface area (Å²) in [6, 6.07) is 6.49. The number of hydrogen-bond donors (Lipinski definition) is 2. The van der Waals surface area contributed by atoms with Crippen LogP contribution >= 0.6 is 11.6 Å². The number of imide groups is 1. The van der Waals surface area contributed by atoms with E-state index in [2.05, 4.69) is 0 Å². The average molecular weight is 466 g/mol. The van der Waals surface area contributed by atoms with Gasteiger partial charge in [-0.05, 0) is 35.7 Å². The fraction of sp³-hybridized carbons (Fsp3) is 0.273. The van der Waals surface area contributed by atoms with Crippen LogP contribution in [0.2, 0.25) is 7.85 Å². The molecule has 2 aliphatic heterocycles. The number of rotatable bonds is 5. The molecule has 2 heterocycles. The SMILES string of the molecule is [2H]N1C(=O)CCC(N2Cc3cc(C([2H])([2H])N([2H])C(=O)C(F)(F)c4ccc(Cl)cc4)ccc3C2=O)C1=O. The highest BCUT2D eigenvalue weighted by Crippen LogP contribution is 2.30. The number of nitrogens with one attached hydrogen (secondary N) is 2. The van der Waals surface area contributed by atoms with Crippen molar-refractivity contribution in [1.29, 1.82) is 0 Å². The Morgan fingerprint density at radius 3 is 2.72 bits per heavy atom. The Morgan fingerprint density at radius 1 is 1.28 bits per heavy atom. The van der Waals surface area contributed by atoms with Crippen LogP contribution in [-0.4, -0.2) is 34.6 Å². The Morgan fingerprint density at radius 2 is 2.00 bits per heavy atom. The maximum absolute atomic E-state index is 14.8. The lowest BCUT2D eigenvalue weighted by atomic mass is 10.0. The topological polar surface area (TPSA) is 95.6 Å². The number of benzene rings is 2. The summed E-state index contributed by atoms with van der Waals surface area (Å²) in [6.45, 7) is -3.17. The van der Waals surface area contributed by atoms with Gasteiger partial charge in [0, 0.05) is 35.6 Å². The van der Waals surface area contributed by atoms with Gasteiger partial charge in [0.05, 0.1) is 2.74 Å². The van der Waals surface area contributed by atoms with Crippen LogP contribution in [-0.2, 0) is 33.3 Å². The van der Waals surface area contributed by atoms with Crippen molar-refractivity contribution in [3.8, 4) is 0 Å². The zero-order valence-electron chi connectivity index (χ0n) is 20.3. The Balaban J connectivity index is 1.58. The van der Waals surface area contributed by atoms with E-state index in [-0.39, 0.29) is 46.4 Å². The first kappa shape index (κ1) is 17.3. The summed E-state index contributed by atoms with van der Waals surface area (Å²) in [5.41, 5.74) is -0.740. The third-order valence-corrected chi connectivity index (χ3v) is 5.48. The molecule has 4 rings (SSSR count). The van der Waals surface area contributed by atoms with Crippen LogP contribution in [0.15, 0.2) is 42.5 Å². The van der Waals surface area contributed by atoms with E-state index in [0.29, 0.717) is 0 Å². The number of fused-ring (bicyclic) bond motifs is 1. The van der Waals surface area contributed by atoms with Crippen molar-refractivity contribution in [2.24, 2.45) is 0 Å². The minimum Gasteiger partial charge on any atom is -0.346 e. The van der Waals surface area contributed by atoms with E-state index in [1.165, 1.54) is 12.1 Å². The molecule has 0 saturated carbocycles. The number of amides is 4. The van der Waals surface area contributed by atoms with Crippen molar-refractivity contribution in [3.63, 3.8) is 0 Å². The van der Waals surface area contributed by atoms with Gasteiger partial charge in [-0.15, -0.1) is 0 Å². The maximum atomic E-state index is 14.8. The average Bonchev–Trinajstić information content (AvgIpc) is 3.17. The van der Waals surface area contributed by atoms with Gasteiger partial charge >= 0.3 is 5.92 Å². The van der Waals surface area contributed by atoms with Crippen LogP contribution in [0, 0.1) is 0 Å². The lowest BCUT2D eigenvalue weighted by Gasteiger charge is -2.29. The van der Waals surface area contributed by atoms with Crippen LogP contribution in [0.25, 0.3) is 0 Å². The molecule has 10 heteroatoms. The molecule has 0 radical (unpaired) electrons. The van der Waals surface area contributed by atoms with Crippen LogP contribution in [0.3, 0.4) is 0 Å². The van der Waals surface area contributed by atoms with Crippen molar-refractivity contribution in [2.45, 2.75) is 37.8 Å². The monoisotopic (exact) mass is 465 g/mol. The summed E-state index contributed by atoms with van der Waals surface area (Å²) in [5.74, 6) is -8.46. The molecule has 1 unspecified atom stereocenters. The zero-order chi connectivity index (χ0) is 26.6. The molecule has 166 valence electrons. The molecule has 32 heavy (non-hydrogen) atoms. The lowest BCUT2D eigenvalue weighted by molar-refractivity contribution is -0.147. The van der Waals surface area contributed by atoms with E-state index < -0.39 is 53.0 Å². The second-order valence-electron chi connectivity index (χ2n) is 7.31. The highest BCUT2D eigenvalue weighted by molar-refractivity contribution is 6.30. The van der Waals surface area contributed by atoms with E-state index in [1.54, 1.807) is 0 Å². The fourth-order valence-electron chi connectivity index (χ4n) is 3.56. The molecule has 0 spiro atoms. The number of halogens is 3. The van der Waals surface area contributed by atoms with Crippen molar-refractivity contribution in [2.75, 3.05) is 0 Å². The van der Waals surface area contributed by atoms with Gasteiger partial charge in [0.25, 0.3) is 11.8 Å². The minimum atomic E-state index is -4.22. The van der Waals surface area contributed by atoms with Gasteiger partial charge in [0.15, 0.2) is 2.82 Å².